The summed E-state index contributed by atoms with van der Waals surface area (Å²) in [7, 11) is 4.18. The van der Waals surface area contributed by atoms with E-state index in [0.717, 1.165) is 32.7 Å². The Balaban J connectivity index is 2.41. The van der Waals surface area contributed by atoms with Crippen molar-refractivity contribution in [3.8, 4) is 0 Å². The van der Waals surface area contributed by atoms with Crippen molar-refractivity contribution >= 4 is 0 Å². The zero-order valence-corrected chi connectivity index (χ0v) is 11.9. The number of rotatable bonds is 9. The number of nitrogens with zero attached hydrogens (tertiary/aromatic N) is 1. The first-order chi connectivity index (χ1) is 8.74. The molecule has 18 heavy (non-hydrogen) atoms. The lowest BCUT2D eigenvalue weighted by Crippen LogP contribution is -2.24. The normalized spacial score (nSPS) is 12.9. The molecule has 1 N–H and O–H groups in total. The maximum atomic E-state index is 5.99. The maximum Gasteiger partial charge on any atom is 0.0949 e. The Kier molecular flexibility index (Phi) is 7.65. The van der Waals surface area contributed by atoms with Gasteiger partial charge in [-0.3, -0.25) is 0 Å². The van der Waals surface area contributed by atoms with Crippen molar-refractivity contribution in [3.63, 3.8) is 0 Å². The van der Waals surface area contributed by atoms with Gasteiger partial charge in [-0.05, 0) is 39.2 Å². The lowest BCUT2D eigenvalue weighted by Gasteiger charge is -2.19. The Hall–Kier alpha value is -0.900. The van der Waals surface area contributed by atoms with Gasteiger partial charge in [-0.15, -0.1) is 0 Å². The third-order valence-electron chi connectivity index (χ3n) is 2.82. The molecule has 0 amide bonds. The number of ether oxygens (including phenoxy) is 1. The monoisotopic (exact) mass is 250 g/mol. The Morgan fingerprint density at radius 3 is 2.56 bits per heavy atom. The molecule has 0 spiro atoms. The molecule has 0 heterocycles. The molecule has 1 unspecified atom stereocenters. The second-order valence-electron chi connectivity index (χ2n) is 4.73. The van der Waals surface area contributed by atoms with Gasteiger partial charge in [0.05, 0.1) is 6.10 Å². The second-order valence-corrected chi connectivity index (χ2v) is 4.73. The summed E-state index contributed by atoms with van der Waals surface area (Å²) in [4.78, 5) is 2.19. The summed E-state index contributed by atoms with van der Waals surface area (Å²) in [6, 6.07) is 10.4. The SMILES string of the molecule is CCNCC(OCCCN(C)C)c1ccccc1. The van der Waals surface area contributed by atoms with Crippen LogP contribution in [0.1, 0.15) is 25.0 Å². The van der Waals surface area contributed by atoms with E-state index < -0.39 is 0 Å². The highest BCUT2D eigenvalue weighted by molar-refractivity contribution is 5.17. The van der Waals surface area contributed by atoms with Gasteiger partial charge in [0.15, 0.2) is 0 Å². The van der Waals surface area contributed by atoms with Crippen molar-refractivity contribution < 1.29 is 4.74 Å². The zero-order valence-electron chi connectivity index (χ0n) is 11.9. The lowest BCUT2D eigenvalue weighted by atomic mass is 10.1. The highest BCUT2D eigenvalue weighted by Crippen LogP contribution is 2.16. The summed E-state index contributed by atoms with van der Waals surface area (Å²) in [5.41, 5.74) is 1.25. The van der Waals surface area contributed by atoms with Crippen molar-refractivity contribution in [2.75, 3.05) is 40.3 Å². The molecule has 0 aliphatic rings. The number of hydrogen-bond acceptors (Lipinski definition) is 3. The predicted molar refractivity (Wildman–Crippen MR) is 76.8 cm³/mol. The highest BCUT2D eigenvalue weighted by atomic mass is 16.5. The van der Waals surface area contributed by atoms with Crippen LogP contribution in [0.2, 0.25) is 0 Å². The minimum absolute atomic E-state index is 0.160. The van der Waals surface area contributed by atoms with Gasteiger partial charge in [-0.2, -0.15) is 0 Å². The van der Waals surface area contributed by atoms with E-state index in [9.17, 15) is 0 Å². The third-order valence-corrected chi connectivity index (χ3v) is 2.82. The Morgan fingerprint density at radius 1 is 1.22 bits per heavy atom. The fourth-order valence-electron chi connectivity index (χ4n) is 1.82. The van der Waals surface area contributed by atoms with E-state index in [0.29, 0.717) is 0 Å². The fraction of sp³-hybridized carbons (Fsp3) is 0.600. The Morgan fingerprint density at radius 2 is 1.94 bits per heavy atom. The minimum Gasteiger partial charge on any atom is -0.372 e. The van der Waals surface area contributed by atoms with Crippen molar-refractivity contribution in [2.45, 2.75) is 19.4 Å². The van der Waals surface area contributed by atoms with E-state index in [1.165, 1.54) is 5.56 Å². The van der Waals surface area contributed by atoms with Crippen LogP contribution in [0.3, 0.4) is 0 Å². The van der Waals surface area contributed by atoms with Gasteiger partial charge in [0.2, 0.25) is 0 Å². The summed E-state index contributed by atoms with van der Waals surface area (Å²) in [5.74, 6) is 0. The molecule has 0 fully saturated rings. The topological polar surface area (TPSA) is 24.5 Å². The molecule has 0 bridgehead atoms. The fourth-order valence-corrected chi connectivity index (χ4v) is 1.82. The minimum atomic E-state index is 0.160. The number of hydrogen-bond donors (Lipinski definition) is 1. The molecule has 0 saturated heterocycles. The first-order valence-electron chi connectivity index (χ1n) is 6.76. The Labute approximate surface area is 111 Å². The van der Waals surface area contributed by atoms with Gasteiger partial charge in [-0.25, -0.2) is 0 Å². The molecular weight excluding hydrogens is 224 g/mol. The molecule has 0 aliphatic carbocycles. The molecule has 0 aliphatic heterocycles. The van der Waals surface area contributed by atoms with E-state index in [1.807, 2.05) is 6.07 Å². The third kappa shape index (κ3) is 6.15. The van der Waals surface area contributed by atoms with Crippen molar-refractivity contribution in [3.05, 3.63) is 35.9 Å². The van der Waals surface area contributed by atoms with E-state index in [2.05, 4.69) is 55.5 Å². The summed E-state index contributed by atoms with van der Waals surface area (Å²) in [5, 5.41) is 3.36. The van der Waals surface area contributed by atoms with Gasteiger partial charge in [0.25, 0.3) is 0 Å². The van der Waals surface area contributed by atoms with Crippen LogP contribution in [-0.2, 0) is 4.74 Å². The van der Waals surface area contributed by atoms with E-state index in [-0.39, 0.29) is 6.10 Å². The molecule has 102 valence electrons. The summed E-state index contributed by atoms with van der Waals surface area (Å²) in [6.07, 6.45) is 1.23. The van der Waals surface area contributed by atoms with Crippen LogP contribution >= 0.6 is 0 Å². The van der Waals surface area contributed by atoms with Gasteiger partial charge in [0, 0.05) is 13.2 Å². The molecule has 1 rings (SSSR count). The Bertz CT molecular complexity index is 301. The molecule has 1 aromatic rings. The van der Waals surface area contributed by atoms with Crippen LogP contribution in [0.25, 0.3) is 0 Å². The van der Waals surface area contributed by atoms with Crippen molar-refractivity contribution in [1.29, 1.82) is 0 Å². The molecule has 0 saturated carbocycles. The van der Waals surface area contributed by atoms with Crippen LogP contribution in [-0.4, -0.2) is 45.2 Å². The molecule has 1 aromatic carbocycles. The second kappa shape index (κ2) is 9.09. The van der Waals surface area contributed by atoms with Crippen LogP contribution in [0.5, 0.6) is 0 Å². The van der Waals surface area contributed by atoms with Gasteiger partial charge >= 0.3 is 0 Å². The zero-order chi connectivity index (χ0) is 13.2. The average Bonchev–Trinajstić information content (AvgIpc) is 2.38. The van der Waals surface area contributed by atoms with Gasteiger partial charge in [-0.1, -0.05) is 37.3 Å². The lowest BCUT2D eigenvalue weighted by molar-refractivity contribution is 0.0484. The predicted octanol–water partition coefficient (Wildman–Crippen LogP) is 2.31. The van der Waals surface area contributed by atoms with Crippen LogP contribution in [0.4, 0.5) is 0 Å². The number of likely N-dealkylation sites (N-methyl/N-ethyl adjacent to an activating group) is 1. The smallest absolute Gasteiger partial charge is 0.0949 e. The first kappa shape index (κ1) is 15.2. The van der Waals surface area contributed by atoms with Crippen molar-refractivity contribution in [1.82, 2.24) is 10.2 Å². The van der Waals surface area contributed by atoms with Gasteiger partial charge < -0.3 is 15.0 Å². The van der Waals surface area contributed by atoms with Crippen LogP contribution < -0.4 is 5.32 Å². The molecule has 1 atom stereocenters. The van der Waals surface area contributed by atoms with Crippen molar-refractivity contribution in [2.24, 2.45) is 0 Å². The quantitative estimate of drug-likeness (QED) is 0.681. The number of benzene rings is 1. The number of nitrogens with one attached hydrogen (secondary N) is 1. The first-order valence-corrected chi connectivity index (χ1v) is 6.76. The molecule has 3 nitrogen and oxygen atoms in total. The summed E-state index contributed by atoms with van der Waals surface area (Å²) >= 11 is 0. The highest BCUT2D eigenvalue weighted by Gasteiger charge is 2.10. The van der Waals surface area contributed by atoms with Gasteiger partial charge in [0.1, 0.15) is 0 Å². The largest absolute Gasteiger partial charge is 0.372 e. The average molecular weight is 250 g/mol. The summed E-state index contributed by atoms with van der Waals surface area (Å²) < 4.78 is 5.99. The molecular formula is C15H26N2O. The molecule has 0 radical (unpaired) electrons. The molecule has 0 aromatic heterocycles. The van der Waals surface area contributed by atoms with E-state index in [1.54, 1.807) is 0 Å². The summed E-state index contributed by atoms with van der Waals surface area (Å²) in [6.45, 7) is 5.85. The maximum absolute atomic E-state index is 5.99. The van der Waals surface area contributed by atoms with E-state index in [4.69, 9.17) is 4.74 Å². The van der Waals surface area contributed by atoms with Crippen LogP contribution in [0, 0.1) is 0 Å². The standard InChI is InChI=1S/C15H26N2O/c1-4-16-13-15(14-9-6-5-7-10-14)18-12-8-11-17(2)3/h5-7,9-10,15-16H,4,8,11-13H2,1-3H3. The van der Waals surface area contributed by atoms with Crippen LogP contribution in [0.15, 0.2) is 30.3 Å². The molecule has 3 heteroatoms. The van der Waals surface area contributed by atoms with E-state index >= 15 is 0 Å².